The van der Waals surface area contributed by atoms with E-state index < -0.39 is 63.3 Å². The van der Waals surface area contributed by atoms with Crippen molar-refractivity contribution in [2.24, 2.45) is 33.8 Å². The highest BCUT2D eigenvalue weighted by Crippen LogP contribution is 2.72. The second-order valence-electron chi connectivity index (χ2n) is 30.3. The molecule has 8 amide bonds. The number of hydrogen-bond acceptors (Lipinski definition) is 19. The van der Waals surface area contributed by atoms with Crippen LogP contribution in [0.2, 0.25) is 0 Å². The van der Waals surface area contributed by atoms with E-state index in [1.807, 2.05) is 40.8 Å². The standard InChI is InChI=1S/C76H94N12O16S2/c1-47(2)65(83-62(90)17-8-7-11-30-87-63(91)26-27-64(87)92)58(89)36-50(14-12-29-78-70(77)97)67(93)80-51-20-18-49(19-21-51)39-103-72(98)85(6)32-34-104-76-43-73(4)40-74(5,44-76)42-75(41-73,45-76)46-88-48(3)55(37-79-88)53-23-25-61(82-66(53)69(95)96)86-31-28-52-56(38-86)54(22-24-59(52)102-33-13-35-106(99,100)101)68(94)84-71-81-57-15-9-10-16-60(57)105-71/h9-10,15-16,18-27,37,47,50,65H,7-8,11-14,17,28-36,38-46H2,1-6H3,(H,80,93)(H,83,90)(H,95,96)(H3,77,78,97)(H,81,84,94)(H,99,100,101)/t50-,65+,73?,74?,75?,76?/m1/s1. The Labute approximate surface area is 619 Å². The molecule has 12 rings (SSSR count). The molecule has 2 aliphatic heterocycles. The van der Waals surface area contributed by atoms with Crippen molar-refractivity contribution in [3.8, 4) is 16.9 Å². The second-order valence-corrected chi connectivity index (χ2v) is 32.9. The van der Waals surface area contributed by atoms with Gasteiger partial charge in [0, 0.05) is 111 Å². The summed E-state index contributed by atoms with van der Waals surface area (Å²) in [5.74, 6) is -4.19. The number of unbranched alkanes of at least 4 members (excludes halogenated alkanes) is 2. The van der Waals surface area contributed by atoms with Gasteiger partial charge in [0.1, 0.15) is 18.2 Å². The first-order chi connectivity index (χ1) is 50.4. The number of aromatic carboxylic acids is 1. The predicted octanol–water partition coefficient (Wildman–Crippen LogP) is 10.0. The maximum absolute atomic E-state index is 14.1. The Kier molecular flexibility index (Phi) is 23.8. The molecule has 4 atom stereocenters. The van der Waals surface area contributed by atoms with Gasteiger partial charge < -0.3 is 50.8 Å². The van der Waals surface area contributed by atoms with Crippen LogP contribution in [-0.4, -0.2) is 165 Å². The molecule has 28 nitrogen and oxygen atoms in total. The Hall–Kier alpha value is -9.65. The Morgan fingerprint density at radius 1 is 0.821 bits per heavy atom. The number of primary amides is 1. The molecule has 8 N–H and O–H groups in total. The summed E-state index contributed by atoms with van der Waals surface area (Å²) in [6.07, 6.45) is 11.6. The van der Waals surface area contributed by atoms with E-state index in [1.54, 1.807) is 75.6 Å². The van der Waals surface area contributed by atoms with Gasteiger partial charge in [-0.05, 0) is 166 Å². The quantitative estimate of drug-likeness (QED) is 0.0110. The van der Waals surface area contributed by atoms with E-state index in [-0.39, 0.29) is 123 Å². The van der Waals surface area contributed by atoms with Crippen molar-refractivity contribution in [3.63, 3.8) is 0 Å². The number of benzene rings is 3. The van der Waals surface area contributed by atoms with Crippen LogP contribution in [0.15, 0.2) is 91.1 Å². The number of para-hydroxylation sites is 1. The summed E-state index contributed by atoms with van der Waals surface area (Å²) in [4.78, 5) is 131. The summed E-state index contributed by atoms with van der Waals surface area (Å²) in [7, 11) is -2.54. The molecule has 0 radical (unpaired) electrons. The minimum atomic E-state index is -4.20. The van der Waals surface area contributed by atoms with E-state index in [4.69, 9.17) is 30.0 Å². The third kappa shape index (κ3) is 18.9. The van der Waals surface area contributed by atoms with Gasteiger partial charge in [-0.15, -0.1) is 0 Å². The molecule has 566 valence electrons. The van der Waals surface area contributed by atoms with Crippen LogP contribution in [0, 0.1) is 35.0 Å². The van der Waals surface area contributed by atoms with Crippen molar-refractivity contribution in [2.75, 3.05) is 67.7 Å². The first-order valence-electron chi connectivity index (χ1n) is 36.1. The predicted molar refractivity (Wildman–Crippen MR) is 396 cm³/mol. The van der Waals surface area contributed by atoms with Crippen molar-refractivity contribution in [2.45, 2.75) is 162 Å². The van der Waals surface area contributed by atoms with Crippen molar-refractivity contribution >= 4 is 102 Å². The minimum absolute atomic E-state index is 0.00274. The number of urea groups is 1. The lowest BCUT2D eigenvalue weighted by molar-refractivity contribution is -0.248. The van der Waals surface area contributed by atoms with E-state index in [9.17, 15) is 61.2 Å². The molecule has 3 aromatic carbocycles. The fraction of sp³-hybridized carbons (Fsp3) is 0.500. The van der Waals surface area contributed by atoms with Gasteiger partial charge in [0.15, 0.2) is 16.6 Å². The summed E-state index contributed by atoms with van der Waals surface area (Å²) in [6, 6.07) is 19.6. The Bertz CT molecular complexity index is 4430. The summed E-state index contributed by atoms with van der Waals surface area (Å²) in [6.45, 7) is 12.3. The van der Waals surface area contributed by atoms with Crippen molar-refractivity contribution in [3.05, 3.63) is 125 Å². The molecule has 106 heavy (non-hydrogen) atoms. The number of ether oxygens (including phenoxy) is 3. The summed E-state index contributed by atoms with van der Waals surface area (Å²) >= 11 is 1.34. The molecule has 30 heteroatoms. The van der Waals surface area contributed by atoms with Crippen molar-refractivity contribution < 1.29 is 75.4 Å². The Morgan fingerprint density at radius 2 is 1.56 bits per heavy atom. The number of nitrogens with one attached hydrogen (secondary N) is 4. The van der Waals surface area contributed by atoms with E-state index >= 15 is 0 Å². The van der Waals surface area contributed by atoms with Gasteiger partial charge in [-0.2, -0.15) is 13.5 Å². The summed E-state index contributed by atoms with van der Waals surface area (Å²) in [5.41, 5.74) is 9.74. The average molecular weight is 1500 g/mol. The monoisotopic (exact) mass is 1490 g/mol. The number of carbonyl (C=O) groups excluding carboxylic acids is 8. The van der Waals surface area contributed by atoms with E-state index in [1.165, 1.54) is 28.4 Å². The first kappa shape index (κ1) is 77.4. The highest BCUT2D eigenvalue weighted by molar-refractivity contribution is 7.85. The Morgan fingerprint density at radius 3 is 2.25 bits per heavy atom. The third-order valence-corrected chi connectivity index (χ3v) is 22.7. The lowest BCUT2D eigenvalue weighted by Crippen LogP contribution is -2.64. The molecule has 3 aromatic heterocycles. The number of likely N-dealkylation sites (N-methyl/N-ethyl adjacent to an activating group) is 1. The number of rotatable bonds is 35. The molecule has 0 saturated heterocycles. The molecule has 6 aromatic rings. The fourth-order valence-corrected chi connectivity index (χ4v) is 18.6. The number of anilines is 3. The molecule has 2 unspecified atom stereocenters. The molecule has 4 bridgehead atoms. The van der Waals surface area contributed by atoms with Gasteiger partial charge in [-0.25, -0.2) is 24.4 Å². The highest BCUT2D eigenvalue weighted by Gasteiger charge is 2.66. The number of fused-ring (bicyclic) bond motifs is 2. The van der Waals surface area contributed by atoms with Gasteiger partial charge in [0.25, 0.3) is 27.8 Å². The average Bonchev–Trinajstić information content (AvgIpc) is 0.764. The zero-order valence-electron chi connectivity index (χ0n) is 60.7. The number of Topliss-reactive ketones (excluding diaryl/α,β-unsaturated/α-hetero) is 1. The number of carbonyl (C=O) groups is 9. The van der Waals surface area contributed by atoms with E-state index in [2.05, 4.69) is 40.1 Å². The lowest BCUT2D eigenvalue weighted by atomic mass is 9.39. The first-order valence-corrected chi connectivity index (χ1v) is 38.5. The van der Waals surface area contributed by atoms with Crippen LogP contribution in [0.1, 0.15) is 161 Å². The van der Waals surface area contributed by atoms with E-state index in [0.29, 0.717) is 95.4 Å². The smallest absolute Gasteiger partial charge is 0.409 e. The van der Waals surface area contributed by atoms with Crippen LogP contribution >= 0.6 is 11.3 Å². The number of imide groups is 1. The van der Waals surface area contributed by atoms with Crippen LogP contribution < -0.4 is 36.6 Å². The molecular weight excluding hydrogens is 1400 g/mol. The number of thiazole rings is 1. The van der Waals surface area contributed by atoms with E-state index in [0.717, 1.165) is 64.9 Å². The fourth-order valence-electron chi connectivity index (χ4n) is 17.2. The van der Waals surface area contributed by atoms with Crippen LogP contribution in [0.4, 0.5) is 26.2 Å². The number of nitrogens with two attached hydrogens (primary N) is 1. The number of carboxylic acids is 1. The van der Waals surface area contributed by atoms with Gasteiger partial charge in [0.2, 0.25) is 11.8 Å². The highest BCUT2D eigenvalue weighted by atomic mass is 32.2. The number of nitrogens with zero attached hydrogens (tertiary/aromatic N) is 7. The van der Waals surface area contributed by atoms with Crippen LogP contribution in [0.3, 0.4) is 0 Å². The topological polar surface area (TPSA) is 383 Å². The van der Waals surface area contributed by atoms with Crippen LogP contribution in [0.25, 0.3) is 21.3 Å². The normalized spacial score (nSPS) is 20.7. The summed E-state index contributed by atoms with van der Waals surface area (Å²) < 4.78 is 54.0. The number of ketones is 1. The SMILES string of the molecule is Cc1c(-c2ccc(N3CCc4c(OCCCS(=O)(=O)O)ccc(C(=O)Nc5nc6ccccc6s5)c4C3)nc2C(=O)O)cnn1CC12CC3(C)CC(C)(C1)CC(OCCN(C)C(=O)OCc1ccc(NC(=O)[C@H](CCCNC(N)=O)CC(=O)[C@@H](NC(=O)CCCCCN4C(=O)C=CC4=O)C(C)C)cc1)(C3)C2. The maximum atomic E-state index is 14.1. The van der Waals surface area contributed by atoms with Crippen molar-refractivity contribution in [1.82, 2.24) is 40.2 Å². The zero-order chi connectivity index (χ0) is 75.9. The summed E-state index contributed by atoms with van der Waals surface area (Å²) in [5, 5.41) is 27.4. The molecule has 0 spiro atoms. The van der Waals surface area contributed by atoms with Gasteiger partial charge >= 0.3 is 18.1 Å². The zero-order valence-corrected chi connectivity index (χ0v) is 62.3. The van der Waals surface area contributed by atoms with Gasteiger partial charge in [-0.1, -0.05) is 69.7 Å². The Balaban J connectivity index is 0.684. The number of amides is 8. The third-order valence-electron chi connectivity index (χ3n) is 21.0. The second kappa shape index (κ2) is 32.6. The largest absolute Gasteiger partial charge is 0.493 e. The lowest BCUT2D eigenvalue weighted by Gasteiger charge is -2.69. The molecule has 4 aliphatic carbocycles. The number of carboxylic acid groups (broad SMARTS) is 1. The number of hydrogen-bond donors (Lipinski definition) is 7. The van der Waals surface area contributed by atoms with Gasteiger partial charge in [0.05, 0.1) is 47.0 Å². The molecular formula is C76H94N12O16S2. The van der Waals surface area contributed by atoms with Gasteiger partial charge in [-0.3, -0.25) is 48.2 Å². The molecule has 4 fully saturated rings. The maximum Gasteiger partial charge on any atom is 0.409 e. The number of pyridine rings is 1. The molecule has 6 aliphatic rings. The number of aromatic nitrogens is 4. The van der Waals surface area contributed by atoms with Crippen LogP contribution in [0.5, 0.6) is 5.75 Å². The minimum Gasteiger partial charge on any atom is -0.493 e. The van der Waals surface area contributed by atoms with Crippen molar-refractivity contribution in [1.29, 1.82) is 0 Å². The molecule has 4 saturated carbocycles. The molecule has 5 heterocycles. The van der Waals surface area contributed by atoms with Crippen LogP contribution in [-0.2, 0) is 69.7 Å².